The molecule has 1 aromatic carbocycles. The lowest BCUT2D eigenvalue weighted by molar-refractivity contribution is -0.124. The zero-order valence-electron chi connectivity index (χ0n) is 11.0. The predicted octanol–water partition coefficient (Wildman–Crippen LogP) is 2.80. The average Bonchev–Trinajstić information content (AvgIpc) is 2.34. The molecule has 0 spiro atoms. The summed E-state index contributed by atoms with van der Waals surface area (Å²) in [6.07, 6.45) is 2.38. The molecule has 1 fully saturated rings. The largest absolute Gasteiger partial charge is 0.383 e. The summed E-state index contributed by atoms with van der Waals surface area (Å²) in [5.74, 6) is -0.189. The first-order valence-corrected chi connectivity index (χ1v) is 6.55. The Kier molecular flexibility index (Phi) is 4.05. The summed E-state index contributed by atoms with van der Waals surface area (Å²) in [5.41, 5.74) is 1.31. The van der Waals surface area contributed by atoms with Crippen LogP contribution in [0.4, 0.5) is 0 Å². The molecule has 4 heteroatoms. The number of carbonyl (C=O) groups is 2. The van der Waals surface area contributed by atoms with Crippen molar-refractivity contribution in [2.75, 3.05) is 14.1 Å². The Morgan fingerprint density at radius 1 is 1.11 bits per heavy atom. The molecule has 0 heterocycles. The van der Waals surface area contributed by atoms with Crippen LogP contribution in [-0.2, 0) is 9.59 Å². The second kappa shape index (κ2) is 5.57. The number of nitrogens with zero attached hydrogens (tertiary/aromatic N) is 1. The fourth-order valence-corrected chi connectivity index (χ4v) is 2.39. The number of hydrogen-bond donors (Lipinski definition) is 0. The highest BCUT2D eigenvalue weighted by Crippen LogP contribution is 2.32. The van der Waals surface area contributed by atoms with E-state index in [1.807, 2.05) is 12.1 Å². The van der Waals surface area contributed by atoms with Crippen LogP contribution in [0.5, 0.6) is 0 Å². The van der Waals surface area contributed by atoms with E-state index in [4.69, 9.17) is 11.6 Å². The molecule has 1 saturated carbocycles. The second-order valence-electron chi connectivity index (χ2n) is 5.01. The summed E-state index contributed by atoms with van der Waals surface area (Å²) < 4.78 is 0. The van der Waals surface area contributed by atoms with Gasteiger partial charge < -0.3 is 4.90 Å². The molecule has 0 bridgehead atoms. The van der Waals surface area contributed by atoms with Crippen LogP contribution in [0.2, 0.25) is 5.02 Å². The lowest BCUT2D eigenvalue weighted by atomic mass is 9.80. The van der Waals surface area contributed by atoms with Crippen molar-refractivity contribution in [1.82, 2.24) is 4.90 Å². The molecule has 0 amide bonds. The normalized spacial score (nSPS) is 19.5. The van der Waals surface area contributed by atoms with Crippen LogP contribution < -0.4 is 0 Å². The lowest BCUT2D eigenvalue weighted by Gasteiger charge is -2.23. The number of allylic oxidation sites excluding steroid dienone is 1. The maximum Gasteiger partial charge on any atom is 0.168 e. The van der Waals surface area contributed by atoms with Crippen LogP contribution >= 0.6 is 11.6 Å². The Balaban J connectivity index is 2.20. The summed E-state index contributed by atoms with van der Waals surface area (Å²) in [6.45, 7) is 0. The third-order valence-corrected chi connectivity index (χ3v) is 3.45. The number of ketones is 2. The van der Waals surface area contributed by atoms with Gasteiger partial charge in [-0.15, -0.1) is 0 Å². The van der Waals surface area contributed by atoms with Gasteiger partial charge >= 0.3 is 0 Å². The van der Waals surface area contributed by atoms with Crippen LogP contribution in [0.3, 0.4) is 0 Å². The lowest BCUT2D eigenvalue weighted by Crippen LogP contribution is -2.26. The highest BCUT2D eigenvalue weighted by molar-refractivity contribution is 6.30. The van der Waals surface area contributed by atoms with Crippen molar-refractivity contribution in [2.24, 2.45) is 0 Å². The van der Waals surface area contributed by atoms with E-state index < -0.39 is 0 Å². The van der Waals surface area contributed by atoms with Gasteiger partial charge in [0.2, 0.25) is 0 Å². The number of halogens is 1. The molecule has 1 aliphatic rings. The van der Waals surface area contributed by atoms with Gasteiger partial charge in [-0.25, -0.2) is 0 Å². The Morgan fingerprint density at radius 3 is 2.11 bits per heavy atom. The first kappa shape index (κ1) is 13.8. The molecular weight excluding hydrogens is 262 g/mol. The van der Waals surface area contributed by atoms with Crippen molar-refractivity contribution >= 4 is 23.2 Å². The van der Waals surface area contributed by atoms with Crippen molar-refractivity contribution < 1.29 is 9.59 Å². The van der Waals surface area contributed by atoms with Crippen molar-refractivity contribution in [2.45, 2.75) is 18.8 Å². The summed E-state index contributed by atoms with van der Waals surface area (Å²) in [5, 5.41) is 0.658. The van der Waals surface area contributed by atoms with Gasteiger partial charge in [-0.2, -0.15) is 0 Å². The Bertz CT molecular complexity index is 512. The first-order valence-electron chi connectivity index (χ1n) is 6.17. The van der Waals surface area contributed by atoms with Gasteiger partial charge in [0, 0.05) is 38.2 Å². The van der Waals surface area contributed by atoms with Crippen LogP contribution in [0.25, 0.3) is 0 Å². The molecule has 100 valence electrons. The van der Waals surface area contributed by atoms with E-state index in [-0.39, 0.29) is 17.5 Å². The summed E-state index contributed by atoms with van der Waals surface area (Å²) in [7, 11) is 3.61. The zero-order valence-corrected chi connectivity index (χ0v) is 11.8. The van der Waals surface area contributed by atoms with Crippen molar-refractivity contribution in [3.63, 3.8) is 0 Å². The predicted molar refractivity (Wildman–Crippen MR) is 75.2 cm³/mol. The minimum atomic E-state index is -0.0788. The van der Waals surface area contributed by atoms with E-state index in [0.29, 0.717) is 23.4 Å². The van der Waals surface area contributed by atoms with Crippen LogP contribution in [0, 0.1) is 0 Å². The van der Waals surface area contributed by atoms with E-state index in [0.717, 1.165) is 5.56 Å². The van der Waals surface area contributed by atoms with Crippen molar-refractivity contribution in [3.8, 4) is 0 Å². The molecule has 0 radical (unpaired) electrons. The molecule has 2 rings (SSSR count). The monoisotopic (exact) mass is 277 g/mol. The Morgan fingerprint density at radius 2 is 1.63 bits per heavy atom. The molecular formula is C15H16ClNO2. The van der Waals surface area contributed by atoms with E-state index in [9.17, 15) is 9.59 Å². The molecule has 0 N–H and O–H groups in total. The van der Waals surface area contributed by atoms with Crippen LogP contribution in [0.15, 0.2) is 36.0 Å². The van der Waals surface area contributed by atoms with E-state index in [2.05, 4.69) is 0 Å². The smallest absolute Gasteiger partial charge is 0.168 e. The van der Waals surface area contributed by atoms with Gasteiger partial charge in [-0.05, 0) is 23.6 Å². The van der Waals surface area contributed by atoms with E-state index >= 15 is 0 Å². The molecule has 0 aliphatic heterocycles. The minimum Gasteiger partial charge on any atom is -0.383 e. The van der Waals surface area contributed by atoms with Gasteiger partial charge in [0.15, 0.2) is 11.6 Å². The highest BCUT2D eigenvalue weighted by atomic mass is 35.5. The maximum absolute atomic E-state index is 12.0. The van der Waals surface area contributed by atoms with Crippen molar-refractivity contribution in [1.29, 1.82) is 0 Å². The summed E-state index contributed by atoms with van der Waals surface area (Å²) in [6, 6.07) is 7.34. The SMILES string of the molecule is CN(C)C=C1C(=O)CC(c2ccc(Cl)cc2)CC1=O. The third-order valence-electron chi connectivity index (χ3n) is 3.19. The van der Waals surface area contributed by atoms with E-state index in [1.54, 1.807) is 37.3 Å². The number of hydrogen-bond acceptors (Lipinski definition) is 3. The number of carbonyl (C=O) groups excluding carboxylic acids is 2. The van der Waals surface area contributed by atoms with Gasteiger partial charge in [0.05, 0.1) is 5.57 Å². The summed E-state index contributed by atoms with van der Waals surface area (Å²) in [4.78, 5) is 25.8. The quantitative estimate of drug-likeness (QED) is 0.616. The molecule has 0 atom stereocenters. The Hall–Kier alpha value is -1.61. The average molecular weight is 278 g/mol. The van der Waals surface area contributed by atoms with Crippen LogP contribution in [-0.4, -0.2) is 30.6 Å². The Labute approximate surface area is 117 Å². The molecule has 3 nitrogen and oxygen atoms in total. The molecule has 1 aromatic rings. The molecule has 0 saturated heterocycles. The van der Waals surface area contributed by atoms with E-state index in [1.165, 1.54) is 0 Å². The van der Waals surface area contributed by atoms with Gasteiger partial charge in [0.1, 0.15) is 0 Å². The molecule has 1 aliphatic carbocycles. The number of rotatable bonds is 2. The van der Waals surface area contributed by atoms with Crippen molar-refractivity contribution in [3.05, 3.63) is 46.6 Å². The first-order chi connectivity index (χ1) is 8.97. The second-order valence-corrected chi connectivity index (χ2v) is 5.45. The van der Waals surface area contributed by atoms with Crippen LogP contribution in [0.1, 0.15) is 24.3 Å². The number of Topliss-reactive ketones (excluding diaryl/α,β-unsaturated/α-hetero) is 2. The topological polar surface area (TPSA) is 37.4 Å². The van der Waals surface area contributed by atoms with Gasteiger partial charge in [-0.3, -0.25) is 9.59 Å². The zero-order chi connectivity index (χ0) is 14.0. The minimum absolute atomic E-state index is 0.0309. The van der Waals surface area contributed by atoms with Gasteiger partial charge in [-0.1, -0.05) is 23.7 Å². The third kappa shape index (κ3) is 3.24. The molecule has 0 aromatic heterocycles. The fourth-order valence-electron chi connectivity index (χ4n) is 2.27. The van der Waals surface area contributed by atoms with Gasteiger partial charge in [0.25, 0.3) is 0 Å². The molecule has 19 heavy (non-hydrogen) atoms. The standard InChI is InChI=1S/C15H16ClNO2/c1-17(2)9-13-14(18)7-11(8-15(13)19)10-3-5-12(16)6-4-10/h3-6,9,11H,7-8H2,1-2H3. The highest BCUT2D eigenvalue weighted by Gasteiger charge is 2.31. The molecule has 0 unspecified atom stereocenters. The maximum atomic E-state index is 12.0. The number of benzene rings is 1. The summed E-state index contributed by atoms with van der Waals surface area (Å²) >= 11 is 5.84. The fraction of sp³-hybridized carbons (Fsp3) is 0.333.